The van der Waals surface area contributed by atoms with Crippen molar-refractivity contribution in [2.24, 2.45) is 5.92 Å². The van der Waals surface area contributed by atoms with Crippen LogP contribution in [-0.4, -0.2) is 29.6 Å². The number of esters is 1. The molecule has 0 bridgehead atoms. The molecule has 0 aliphatic carbocycles. The maximum atomic E-state index is 13.7. The van der Waals surface area contributed by atoms with Crippen molar-refractivity contribution in [2.75, 3.05) is 0 Å². The summed E-state index contributed by atoms with van der Waals surface area (Å²) in [7, 11) is 0. The van der Waals surface area contributed by atoms with Crippen LogP contribution < -0.4 is 9.84 Å². The van der Waals surface area contributed by atoms with Gasteiger partial charge in [-0.1, -0.05) is 19.9 Å². The molecule has 0 N–H and O–H groups in total. The fourth-order valence-corrected chi connectivity index (χ4v) is 1.97. The highest BCUT2D eigenvalue weighted by Crippen LogP contribution is 2.28. The molecule has 0 aromatic heterocycles. The lowest BCUT2D eigenvalue weighted by atomic mass is 10.0. The van der Waals surface area contributed by atoms with Crippen LogP contribution in [0.1, 0.15) is 45.0 Å². The summed E-state index contributed by atoms with van der Waals surface area (Å²) < 4.78 is 37.7. The molecule has 0 saturated carbocycles. The van der Waals surface area contributed by atoms with Crippen molar-refractivity contribution in [2.45, 2.75) is 52.2 Å². The third-order valence-corrected chi connectivity index (χ3v) is 2.96. The van der Waals surface area contributed by atoms with Crippen LogP contribution in [0.25, 0.3) is 0 Å². The predicted molar refractivity (Wildman–Crippen MR) is 80.8 cm³/mol. The molecular formula is C17H21F2O5-. The van der Waals surface area contributed by atoms with Crippen LogP contribution in [0.15, 0.2) is 24.3 Å². The van der Waals surface area contributed by atoms with E-state index in [4.69, 9.17) is 9.47 Å². The smallest absolute Gasteiger partial charge is 0.338 e. The maximum absolute atomic E-state index is 13.7. The Kier molecular flexibility index (Phi) is 5.92. The largest absolute Gasteiger partial charge is 0.544 e. The molecule has 1 aromatic rings. The van der Waals surface area contributed by atoms with Gasteiger partial charge in [0.2, 0.25) is 0 Å². The van der Waals surface area contributed by atoms with E-state index in [0.29, 0.717) is 5.75 Å². The van der Waals surface area contributed by atoms with Crippen LogP contribution in [-0.2, 0) is 9.53 Å². The minimum Gasteiger partial charge on any atom is -0.544 e. The minimum absolute atomic E-state index is 0.0171. The number of aliphatic carboxylic acids is 1. The van der Waals surface area contributed by atoms with E-state index in [2.05, 4.69) is 0 Å². The normalized spacial score (nSPS) is 13.5. The molecular weight excluding hydrogens is 322 g/mol. The zero-order valence-electron chi connectivity index (χ0n) is 14.3. The van der Waals surface area contributed by atoms with Gasteiger partial charge in [-0.2, -0.15) is 8.78 Å². The number of ether oxygens (including phenoxy) is 2. The summed E-state index contributed by atoms with van der Waals surface area (Å²) in [6.45, 7) is 8.09. The van der Waals surface area contributed by atoms with Gasteiger partial charge in [-0.25, -0.2) is 4.79 Å². The number of carboxylic acid groups (broad SMARTS) is 1. The van der Waals surface area contributed by atoms with Crippen molar-refractivity contribution in [3.05, 3.63) is 29.8 Å². The summed E-state index contributed by atoms with van der Waals surface area (Å²) in [6, 6.07) is 5.84. The van der Waals surface area contributed by atoms with Crippen molar-refractivity contribution in [3.8, 4) is 5.75 Å². The third-order valence-electron chi connectivity index (χ3n) is 2.96. The summed E-state index contributed by atoms with van der Waals surface area (Å²) in [6.07, 6.45) is -2.14. The molecule has 1 unspecified atom stereocenters. The van der Waals surface area contributed by atoms with Crippen molar-refractivity contribution in [1.82, 2.24) is 0 Å². The quantitative estimate of drug-likeness (QED) is 0.742. The van der Waals surface area contributed by atoms with E-state index < -0.39 is 35.5 Å². The van der Waals surface area contributed by atoms with E-state index in [0.717, 1.165) is 0 Å². The Morgan fingerprint density at radius 1 is 1.17 bits per heavy atom. The Hall–Kier alpha value is -2.18. The van der Waals surface area contributed by atoms with Crippen LogP contribution in [0.4, 0.5) is 8.78 Å². The first-order valence-corrected chi connectivity index (χ1v) is 7.44. The lowest BCUT2D eigenvalue weighted by Crippen LogP contribution is -2.53. The number of carbonyl (C=O) groups excluding carboxylic acids is 2. The number of carboxylic acids is 1. The molecule has 0 aliphatic rings. The van der Waals surface area contributed by atoms with Crippen molar-refractivity contribution < 1.29 is 33.0 Å². The molecule has 1 atom stereocenters. The molecule has 0 heterocycles. The molecule has 0 amide bonds. The SMILES string of the molecule is CC(C)C(OC(=O)c1cccc(OC(C)(C)C)c1)C(F)(F)C(=O)[O-]. The summed E-state index contributed by atoms with van der Waals surface area (Å²) in [4.78, 5) is 22.7. The van der Waals surface area contributed by atoms with Gasteiger partial charge in [0.1, 0.15) is 17.3 Å². The number of benzene rings is 1. The van der Waals surface area contributed by atoms with Gasteiger partial charge in [0, 0.05) is 0 Å². The van der Waals surface area contributed by atoms with Gasteiger partial charge in [0.15, 0.2) is 6.10 Å². The zero-order valence-corrected chi connectivity index (χ0v) is 14.3. The summed E-state index contributed by atoms with van der Waals surface area (Å²) in [5, 5.41) is 10.6. The first kappa shape index (κ1) is 19.9. The van der Waals surface area contributed by atoms with Crippen LogP contribution in [0.5, 0.6) is 5.75 Å². The molecule has 134 valence electrons. The monoisotopic (exact) mass is 343 g/mol. The highest BCUT2D eigenvalue weighted by Gasteiger charge is 2.46. The number of carbonyl (C=O) groups is 2. The van der Waals surface area contributed by atoms with E-state index in [1.54, 1.807) is 6.07 Å². The van der Waals surface area contributed by atoms with Crippen LogP contribution in [0.3, 0.4) is 0 Å². The number of hydrogen-bond donors (Lipinski definition) is 0. The molecule has 0 spiro atoms. The molecule has 0 radical (unpaired) electrons. The molecule has 0 aliphatic heterocycles. The first-order chi connectivity index (χ1) is 10.8. The van der Waals surface area contributed by atoms with Gasteiger partial charge in [-0.15, -0.1) is 0 Å². The average Bonchev–Trinajstić information content (AvgIpc) is 2.42. The van der Waals surface area contributed by atoms with Gasteiger partial charge < -0.3 is 19.4 Å². The van der Waals surface area contributed by atoms with E-state index >= 15 is 0 Å². The molecule has 1 aromatic carbocycles. The second-order valence-corrected chi connectivity index (χ2v) is 6.72. The van der Waals surface area contributed by atoms with Gasteiger partial charge in [-0.05, 0) is 44.9 Å². The number of hydrogen-bond acceptors (Lipinski definition) is 5. The fourth-order valence-electron chi connectivity index (χ4n) is 1.97. The van der Waals surface area contributed by atoms with Gasteiger partial charge in [-0.3, -0.25) is 0 Å². The van der Waals surface area contributed by atoms with Crippen molar-refractivity contribution in [3.63, 3.8) is 0 Å². The lowest BCUT2D eigenvalue weighted by Gasteiger charge is -2.30. The highest BCUT2D eigenvalue weighted by atomic mass is 19.3. The zero-order chi connectivity index (χ0) is 18.7. The molecule has 0 fully saturated rings. The van der Waals surface area contributed by atoms with Crippen molar-refractivity contribution >= 4 is 11.9 Å². The number of halogens is 2. The van der Waals surface area contributed by atoms with Crippen molar-refractivity contribution in [1.29, 1.82) is 0 Å². The van der Waals surface area contributed by atoms with Crippen LogP contribution >= 0.6 is 0 Å². The van der Waals surface area contributed by atoms with E-state index in [9.17, 15) is 23.5 Å². The minimum atomic E-state index is -4.29. The van der Waals surface area contributed by atoms with Gasteiger partial charge in [0.05, 0.1) is 5.56 Å². The fraction of sp³-hybridized carbons (Fsp3) is 0.529. The van der Waals surface area contributed by atoms with Crippen LogP contribution in [0.2, 0.25) is 0 Å². The molecule has 5 nitrogen and oxygen atoms in total. The maximum Gasteiger partial charge on any atom is 0.338 e. The van der Waals surface area contributed by atoms with E-state index in [1.165, 1.54) is 32.0 Å². The lowest BCUT2D eigenvalue weighted by molar-refractivity contribution is -0.337. The molecule has 7 heteroatoms. The standard InChI is InChI=1S/C17H22F2O5/c1-10(2)13(17(18,19)15(21)22)23-14(20)11-7-6-8-12(9-11)24-16(3,4)5/h6-10,13H,1-5H3,(H,21,22)/p-1. The molecule has 24 heavy (non-hydrogen) atoms. The first-order valence-electron chi connectivity index (χ1n) is 7.44. The van der Waals surface area contributed by atoms with Gasteiger partial charge >= 0.3 is 11.9 Å². The topological polar surface area (TPSA) is 75.7 Å². The Balaban J connectivity index is 3.01. The second-order valence-electron chi connectivity index (χ2n) is 6.72. The van der Waals surface area contributed by atoms with E-state index in [-0.39, 0.29) is 5.56 Å². The Morgan fingerprint density at radius 2 is 1.75 bits per heavy atom. The Bertz CT molecular complexity index is 605. The summed E-state index contributed by atoms with van der Waals surface area (Å²) in [5.74, 6) is -8.49. The van der Waals surface area contributed by atoms with E-state index in [1.807, 2.05) is 20.8 Å². The Morgan fingerprint density at radius 3 is 2.21 bits per heavy atom. The predicted octanol–water partition coefficient (Wildman–Crippen LogP) is 2.43. The van der Waals surface area contributed by atoms with Crippen LogP contribution in [0, 0.1) is 5.92 Å². The third kappa shape index (κ3) is 5.18. The Labute approximate surface area is 139 Å². The highest BCUT2D eigenvalue weighted by molar-refractivity contribution is 5.90. The van der Waals surface area contributed by atoms with Gasteiger partial charge in [0.25, 0.3) is 0 Å². The number of alkyl halides is 2. The average molecular weight is 343 g/mol. The molecule has 1 rings (SSSR count). The summed E-state index contributed by atoms with van der Waals surface area (Å²) >= 11 is 0. The summed E-state index contributed by atoms with van der Waals surface area (Å²) in [5.41, 5.74) is -0.526. The number of rotatable bonds is 6. The second kappa shape index (κ2) is 7.15. The molecule has 0 saturated heterocycles.